The zero-order chi connectivity index (χ0) is 10.6. The number of ketones is 1. The zero-order valence-corrected chi connectivity index (χ0v) is 8.77. The van der Waals surface area contributed by atoms with Crippen molar-refractivity contribution in [2.75, 3.05) is 5.88 Å². The summed E-state index contributed by atoms with van der Waals surface area (Å²) in [5, 5.41) is 9.07. The fourth-order valence-electron chi connectivity index (χ4n) is 1.11. The molecule has 0 aliphatic carbocycles. The summed E-state index contributed by atoms with van der Waals surface area (Å²) < 4.78 is 0. The molecule has 0 aliphatic rings. The Labute approximate surface area is 92.1 Å². The van der Waals surface area contributed by atoms with Crippen LogP contribution in [-0.2, 0) is 0 Å². The summed E-state index contributed by atoms with van der Waals surface area (Å²) in [6.45, 7) is 0. The molecule has 0 fully saturated rings. The largest absolute Gasteiger partial charge is 0.294 e. The molecule has 0 bridgehead atoms. The van der Waals surface area contributed by atoms with Crippen molar-refractivity contribution in [3.05, 3.63) is 34.3 Å². The Balaban J connectivity index is 3.18. The van der Waals surface area contributed by atoms with E-state index in [9.17, 15) is 4.79 Å². The van der Waals surface area contributed by atoms with Crippen LogP contribution >= 0.6 is 23.2 Å². The van der Waals surface area contributed by atoms with Crippen LogP contribution in [0.15, 0.2) is 18.2 Å². The van der Waals surface area contributed by atoms with Crippen molar-refractivity contribution in [2.24, 2.45) is 0 Å². The van der Waals surface area contributed by atoms with Crippen molar-refractivity contribution in [3.63, 3.8) is 0 Å². The summed E-state index contributed by atoms with van der Waals surface area (Å²) in [4.78, 5) is 11.5. The summed E-state index contributed by atoms with van der Waals surface area (Å²) in [5.74, 6) is 0.0386. The Hall–Kier alpha value is -1.04. The molecule has 1 rings (SSSR count). The quantitative estimate of drug-likeness (QED) is 0.589. The van der Waals surface area contributed by atoms with Crippen LogP contribution in [0.25, 0.3) is 0 Å². The molecule has 0 saturated carbocycles. The van der Waals surface area contributed by atoms with Gasteiger partial charge >= 0.3 is 0 Å². The van der Waals surface area contributed by atoms with E-state index in [0.29, 0.717) is 10.6 Å². The molecule has 0 atom stereocenters. The number of benzene rings is 1. The molecule has 0 radical (unpaired) electrons. The van der Waals surface area contributed by atoms with E-state index in [1.165, 1.54) is 0 Å². The highest BCUT2D eigenvalue weighted by Crippen LogP contribution is 2.21. The van der Waals surface area contributed by atoms with Gasteiger partial charge in [0.15, 0.2) is 5.78 Å². The highest BCUT2D eigenvalue weighted by molar-refractivity contribution is 6.34. The molecule has 0 N–H and O–H groups in total. The van der Waals surface area contributed by atoms with Crippen LogP contribution in [0.5, 0.6) is 0 Å². The van der Waals surface area contributed by atoms with E-state index in [0.717, 1.165) is 0 Å². The first-order valence-electron chi connectivity index (χ1n) is 3.98. The minimum atomic E-state index is -0.192. The first-order chi connectivity index (χ1) is 6.70. The number of rotatable bonds is 3. The molecular formula is C10H7Cl2NO. The smallest absolute Gasteiger partial charge is 0.166 e. The van der Waals surface area contributed by atoms with Crippen molar-refractivity contribution in [2.45, 2.75) is 6.42 Å². The lowest BCUT2D eigenvalue weighted by atomic mass is 10.0. The maximum absolute atomic E-state index is 11.5. The first-order valence-corrected chi connectivity index (χ1v) is 4.89. The lowest BCUT2D eigenvalue weighted by Gasteiger charge is -2.03. The van der Waals surface area contributed by atoms with Crippen LogP contribution in [-0.4, -0.2) is 11.7 Å². The van der Waals surface area contributed by atoms with Crippen LogP contribution in [0.3, 0.4) is 0 Å². The molecule has 72 valence electrons. The Kier molecular flexibility index (Phi) is 3.94. The standard InChI is InChI=1S/C10H7Cl2NO/c11-5-4-9(14)10-7(6-13)2-1-3-8(10)12/h1-3H,4-5H2. The predicted octanol–water partition coefficient (Wildman–Crippen LogP) is 3.02. The Bertz CT molecular complexity index is 396. The number of nitriles is 1. The van der Waals surface area contributed by atoms with Gasteiger partial charge in [-0.05, 0) is 12.1 Å². The molecule has 0 heterocycles. The number of alkyl halides is 1. The molecule has 0 saturated heterocycles. The highest BCUT2D eigenvalue weighted by atomic mass is 35.5. The van der Waals surface area contributed by atoms with E-state index >= 15 is 0 Å². The summed E-state index contributed by atoms with van der Waals surface area (Å²) in [6, 6.07) is 6.71. The summed E-state index contributed by atoms with van der Waals surface area (Å²) in [5.41, 5.74) is 0.574. The Morgan fingerprint density at radius 2 is 2.21 bits per heavy atom. The lowest BCUT2D eigenvalue weighted by molar-refractivity contribution is 0.0989. The van der Waals surface area contributed by atoms with Crippen molar-refractivity contribution in [1.29, 1.82) is 5.26 Å². The van der Waals surface area contributed by atoms with Gasteiger partial charge in [0.05, 0.1) is 22.2 Å². The van der Waals surface area contributed by atoms with Gasteiger partial charge in [0, 0.05) is 12.3 Å². The van der Waals surface area contributed by atoms with Gasteiger partial charge in [0.2, 0.25) is 0 Å². The van der Waals surface area contributed by atoms with Crippen LogP contribution < -0.4 is 0 Å². The van der Waals surface area contributed by atoms with Gasteiger partial charge in [0.25, 0.3) is 0 Å². The second kappa shape index (κ2) is 4.99. The molecule has 14 heavy (non-hydrogen) atoms. The van der Waals surface area contributed by atoms with E-state index < -0.39 is 0 Å². The summed E-state index contributed by atoms with van der Waals surface area (Å²) in [7, 11) is 0. The number of nitrogens with zero attached hydrogens (tertiary/aromatic N) is 1. The van der Waals surface area contributed by atoms with E-state index in [-0.39, 0.29) is 23.6 Å². The molecule has 2 nitrogen and oxygen atoms in total. The number of hydrogen-bond acceptors (Lipinski definition) is 2. The third kappa shape index (κ3) is 2.25. The lowest BCUT2D eigenvalue weighted by Crippen LogP contribution is -2.03. The molecule has 0 aliphatic heterocycles. The Morgan fingerprint density at radius 3 is 2.79 bits per heavy atom. The molecule has 0 unspecified atom stereocenters. The van der Waals surface area contributed by atoms with Crippen LogP contribution in [0.1, 0.15) is 22.3 Å². The van der Waals surface area contributed by atoms with Gasteiger partial charge in [-0.1, -0.05) is 17.7 Å². The van der Waals surface area contributed by atoms with Crippen LogP contribution in [0.4, 0.5) is 0 Å². The fraction of sp³-hybridized carbons (Fsp3) is 0.200. The zero-order valence-electron chi connectivity index (χ0n) is 7.26. The SMILES string of the molecule is N#Cc1cccc(Cl)c1C(=O)CCCl. The van der Waals surface area contributed by atoms with Gasteiger partial charge in [-0.3, -0.25) is 4.79 Å². The minimum absolute atomic E-state index is 0.192. The van der Waals surface area contributed by atoms with E-state index in [2.05, 4.69) is 0 Å². The normalized spacial score (nSPS) is 9.50. The highest BCUT2D eigenvalue weighted by Gasteiger charge is 2.14. The number of Topliss-reactive ketones (excluding diaryl/α,β-unsaturated/α-hetero) is 1. The maximum Gasteiger partial charge on any atom is 0.166 e. The molecule has 1 aromatic carbocycles. The molecular weight excluding hydrogens is 221 g/mol. The number of hydrogen-bond donors (Lipinski definition) is 0. The molecule has 4 heteroatoms. The number of carbonyl (C=O) groups excluding carboxylic acids is 1. The van der Waals surface area contributed by atoms with Gasteiger partial charge in [-0.2, -0.15) is 5.26 Å². The number of carbonyl (C=O) groups is 1. The second-order valence-corrected chi connectivity index (χ2v) is 3.42. The first kappa shape index (κ1) is 11.0. The van der Waals surface area contributed by atoms with Crippen molar-refractivity contribution in [1.82, 2.24) is 0 Å². The van der Waals surface area contributed by atoms with Crippen molar-refractivity contribution < 1.29 is 4.79 Å². The maximum atomic E-state index is 11.5. The number of halogens is 2. The van der Waals surface area contributed by atoms with Crippen molar-refractivity contribution >= 4 is 29.0 Å². The average Bonchev–Trinajstić information content (AvgIpc) is 2.17. The van der Waals surface area contributed by atoms with Crippen LogP contribution in [0.2, 0.25) is 5.02 Å². The average molecular weight is 228 g/mol. The Morgan fingerprint density at radius 1 is 1.50 bits per heavy atom. The van der Waals surface area contributed by atoms with Gasteiger partial charge < -0.3 is 0 Å². The van der Waals surface area contributed by atoms with E-state index in [1.54, 1.807) is 18.2 Å². The summed E-state index contributed by atoms with van der Waals surface area (Å²) >= 11 is 11.3. The second-order valence-electron chi connectivity index (χ2n) is 2.64. The van der Waals surface area contributed by atoms with Crippen molar-refractivity contribution in [3.8, 4) is 6.07 Å². The fourth-order valence-corrected chi connectivity index (χ4v) is 1.56. The third-order valence-corrected chi connectivity index (χ3v) is 2.24. The molecule has 1 aromatic rings. The molecule has 0 amide bonds. The molecule has 0 spiro atoms. The summed E-state index contributed by atoms with van der Waals surface area (Å²) in [6.07, 6.45) is 0.194. The van der Waals surface area contributed by atoms with E-state index in [1.807, 2.05) is 6.07 Å². The van der Waals surface area contributed by atoms with Gasteiger partial charge in [-0.25, -0.2) is 0 Å². The van der Waals surface area contributed by atoms with E-state index in [4.69, 9.17) is 28.5 Å². The topological polar surface area (TPSA) is 40.9 Å². The predicted molar refractivity (Wildman–Crippen MR) is 55.8 cm³/mol. The minimum Gasteiger partial charge on any atom is -0.294 e. The molecule has 0 aromatic heterocycles. The van der Waals surface area contributed by atoms with Crippen LogP contribution in [0, 0.1) is 11.3 Å². The third-order valence-electron chi connectivity index (χ3n) is 1.73. The monoisotopic (exact) mass is 227 g/mol. The van der Waals surface area contributed by atoms with Gasteiger partial charge in [0.1, 0.15) is 0 Å². The van der Waals surface area contributed by atoms with Gasteiger partial charge in [-0.15, -0.1) is 11.6 Å².